The normalized spacial score (nSPS) is 19.8. The van der Waals surface area contributed by atoms with E-state index >= 15 is 0 Å². The van der Waals surface area contributed by atoms with Crippen LogP contribution in [0, 0.1) is 0 Å². The summed E-state index contributed by atoms with van der Waals surface area (Å²) in [5, 5.41) is 7.42. The summed E-state index contributed by atoms with van der Waals surface area (Å²) < 4.78 is 0. The Morgan fingerprint density at radius 3 is 0.576 bits per heavy atom. The second-order valence-corrected chi connectivity index (χ2v) is 8.34. The van der Waals surface area contributed by atoms with Crippen molar-refractivity contribution in [2.24, 2.45) is 0 Å². The maximum absolute atomic E-state index is 9.00. The van der Waals surface area contributed by atoms with Crippen LogP contribution in [0.3, 0.4) is 0 Å². The molecule has 7 N–H and O–H groups in total. The van der Waals surface area contributed by atoms with Gasteiger partial charge in [0.05, 0.1) is 0 Å². The fraction of sp³-hybridized carbons (Fsp3) is 0.950. The van der Waals surface area contributed by atoms with Gasteiger partial charge in [0.15, 0.2) is 0 Å². The molecule has 200 valence electrons. The van der Waals surface area contributed by atoms with E-state index in [-0.39, 0.29) is 50.6 Å². The molecule has 2 aliphatic rings. The number of nitrogens with zero attached hydrogens (tertiary/aromatic N) is 6. The molecule has 11 nitrogen and oxygen atoms in total. The molecule has 0 spiro atoms. The molecule has 0 bridgehead atoms. The standard InChI is InChI=1S/2C9H21N3.C2H4O2.2Mn.3H2O/c2*1-10-4-6-11(2)8-9-12(3)7-5-10;1-2(3)4;;;;;/h2*4-9H2,1-3H3;1H3,(H,3,4);;;3*1H2/q;;;2*+3;;;. The van der Waals surface area contributed by atoms with Gasteiger partial charge < -0.3 is 50.9 Å². The van der Waals surface area contributed by atoms with Gasteiger partial charge in [0.25, 0.3) is 5.97 Å². The monoisotopic (exact) mass is 566 g/mol. The van der Waals surface area contributed by atoms with Crippen LogP contribution < -0.4 is 0 Å². The number of hydrogen-bond acceptors (Lipinski definition) is 7. The summed E-state index contributed by atoms with van der Waals surface area (Å²) in [6.07, 6.45) is 0. The Kier molecular flexibility index (Phi) is 40.0. The van der Waals surface area contributed by atoms with E-state index in [1.165, 1.54) is 78.5 Å². The van der Waals surface area contributed by atoms with E-state index in [1.54, 1.807) is 0 Å². The Bertz CT molecular complexity index is 314. The third-order valence-electron chi connectivity index (χ3n) is 5.18. The summed E-state index contributed by atoms with van der Waals surface area (Å²) in [7, 11) is 13.2. The summed E-state index contributed by atoms with van der Waals surface area (Å²) in [5.74, 6) is -0.833. The smallest absolute Gasteiger partial charge is 0.481 e. The van der Waals surface area contributed by atoms with Gasteiger partial charge in [-0.25, -0.2) is 0 Å². The summed E-state index contributed by atoms with van der Waals surface area (Å²) in [6.45, 7) is 15.5. The van der Waals surface area contributed by atoms with Crippen LogP contribution >= 0.6 is 0 Å². The first-order valence-corrected chi connectivity index (χ1v) is 10.4. The van der Waals surface area contributed by atoms with Gasteiger partial charge in [-0.15, -0.1) is 0 Å². The van der Waals surface area contributed by atoms with Gasteiger partial charge in [0, 0.05) is 85.5 Å². The number of carboxylic acids is 1. The predicted octanol–water partition coefficient (Wildman–Crippen LogP) is -2.80. The molecule has 0 aliphatic carbocycles. The Morgan fingerprint density at radius 2 is 0.515 bits per heavy atom. The number of carboxylic acid groups (broad SMARTS) is 1. The second kappa shape index (κ2) is 28.4. The molecule has 2 aliphatic heterocycles. The molecule has 0 atom stereocenters. The van der Waals surface area contributed by atoms with Crippen molar-refractivity contribution in [2.75, 3.05) is 121 Å². The van der Waals surface area contributed by atoms with E-state index in [0.29, 0.717) is 0 Å². The van der Waals surface area contributed by atoms with Crippen molar-refractivity contribution < 1.29 is 60.5 Å². The minimum Gasteiger partial charge on any atom is -0.481 e. The fourth-order valence-corrected chi connectivity index (χ4v) is 2.72. The van der Waals surface area contributed by atoms with Gasteiger partial charge in [0.1, 0.15) is 0 Å². The molecule has 33 heavy (non-hydrogen) atoms. The van der Waals surface area contributed by atoms with Crippen LogP contribution in [0.5, 0.6) is 0 Å². The summed E-state index contributed by atoms with van der Waals surface area (Å²) in [5.41, 5.74) is 0. The molecule has 2 fully saturated rings. The summed E-state index contributed by atoms with van der Waals surface area (Å²) in [4.78, 5) is 23.4. The first kappa shape index (κ1) is 46.5. The number of likely N-dealkylation sites (N-methyl/N-ethyl adjacent to an activating group) is 6. The summed E-state index contributed by atoms with van der Waals surface area (Å²) >= 11 is 0. The molecule has 13 heteroatoms. The maximum atomic E-state index is 9.00. The molecule has 0 radical (unpaired) electrons. The second-order valence-electron chi connectivity index (χ2n) is 8.34. The van der Waals surface area contributed by atoms with Gasteiger partial charge in [-0.3, -0.25) is 4.79 Å². The number of carbonyl (C=O) groups is 1. The Labute approximate surface area is 223 Å². The van der Waals surface area contributed by atoms with Crippen LogP contribution in [-0.2, 0) is 38.9 Å². The zero-order valence-electron chi connectivity index (χ0n) is 21.8. The Balaban J connectivity index is -0.0000000841. The van der Waals surface area contributed by atoms with E-state index in [1.807, 2.05) is 0 Å². The van der Waals surface area contributed by atoms with Gasteiger partial charge in [-0.2, -0.15) is 0 Å². The van der Waals surface area contributed by atoms with Crippen molar-refractivity contribution in [1.29, 1.82) is 0 Å². The van der Waals surface area contributed by atoms with E-state index < -0.39 is 5.97 Å². The van der Waals surface area contributed by atoms with Crippen molar-refractivity contribution >= 4 is 5.97 Å². The third kappa shape index (κ3) is 32.1. The summed E-state index contributed by atoms with van der Waals surface area (Å²) in [6, 6.07) is 0. The SMILES string of the molecule is CC(=O)O.CN1CCN(C)CCN(C)CC1.CN1CCN(C)CCN(C)CC1.O.O.O.[Mn+3].[Mn+3]. The molecule has 0 aromatic heterocycles. The van der Waals surface area contributed by atoms with Crippen LogP contribution in [0.4, 0.5) is 0 Å². The van der Waals surface area contributed by atoms with Crippen molar-refractivity contribution in [3.63, 3.8) is 0 Å². The van der Waals surface area contributed by atoms with Crippen LogP contribution in [-0.4, -0.2) is 178 Å². The minimum absolute atomic E-state index is 0. The fourth-order valence-electron chi connectivity index (χ4n) is 2.72. The molecular weight excluding hydrogens is 514 g/mol. The van der Waals surface area contributed by atoms with E-state index in [4.69, 9.17) is 9.90 Å². The van der Waals surface area contributed by atoms with Gasteiger partial charge >= 0.3 is 34.1 Å². The van der Waals surface area contributed by atoms with E-state index in [9.17, 15) is 0 Å². The Hall–Kier alpha value is 0.149. The van der Waals surface area contributed by atoms with Crippen LogP contribution in [0.2, 0.25) is 0 Å². The van der Waals surface area contributed by atoms with E-state index in [2.05, 4.69) is 71.7 Å². The number of hydrogen-bond donors (Lipinski definition) is 1. The van der Waals surface area contributed by atoms with Crippen molar-refractivity contribution in [3.8, 4) is 0 Å². The van der Waals surface area contributed by atoms with Crippen LogP contribution in [0.1, 0.15) is 6.92 Å². The Morgan fingerprint density at radius 1 is 0.455 bits per heavy atom. The molecule has 0 aromatic rings. The van der Waals surface area contributed by atoms with Crippen molar-refractivity contribution in [1.82, 2.24) is 29.4 Å². The van der Waals surface area contributed by atoms with Gasteiger partial charge in [0.2, 0.25) is 0 Å². The minimum atomic E-state index is -0.833. The zero-order chi connectivity index (χ0) is 21.5. The van der Waals surface area contributed by atoms with Crippen molar-refractivity contribution in [2.45, 2.75) is 6.92 Å². The molecule has 2 heterocycles. The van der Waals surface area contributed by atoms with Crippen LogP contribution in [0.25, 0.3) is 0 Å². The zero-order valence-corrected chi connectivity index (χ0v) is 24.1. The predicted molar refractivity (Wildman–Crippen MR) is 129 cm³/mol. The maximum Gasteiger partial charge on any atom is 3.00 e. The van der Waals surface area contributed by atoms with Crippen LogP contribution in [0.15, 0.2) is 0 Å². The van der Waals surface area contributed by atoms with Crippen molar-refractivity contribution in [3.05, 3.63) is 0 Å². The first-order chi connectivity index (χ1) is 13.1. The van der Waals surface area contributed by atoms with E-state index in [0.717, 1.165) is 6.92 Å². The molecule has 0 unspecified atom stereocenters. The average Bonchev–Trinajstić information content (AvgIpc) is 2.74. The quantitative estimate of drug-likeness (QED) is 0.309. The average molecular weight is 567 g/mol. The molecule has 0 amide bonds. The molecule has 2 rings (SSSR count). The van der Waals surface area contributed by atoms with Gasteiger partial charge in [-0.05, 0) is 42.3 Å². The molecule has 0 aromatic carbocycles. The number of aliphatic carboxylic acids is 1. The molecule has 2 saturated heterocycles. The third-order valence-corrected chi connectivity index (χ3v) is 5.18. The van der Waals surface area contributed by atoms with Gasteiger partial charge in [-0.1, -0.05) is 0 Å². The number of rotatable bonds is 0. The first-order valence-electron chi connectivity index (χ1n) is 10.4. The topological polar surface area (TPSA) is 151 Å². The largest absolute Gasteiger partial charge is 3.00 e. The molecular formula is C20H52Mn2N6O5+6. The molecule has 0 saturated carbocycles.